The second kappa shape index (κ2) is 8.18. The number of rotatable bonds is 3. The predicted molar refractivity (Wildman–Crippen MR) is 157 cm³/mol. The first kappa shape index (κ1) is 22.8. The molecule has 0 N–H and O–H groups in total. The average Bonchev–Trinajstić information content (AvgIpc) is 3.22. The van der Waals surface area contributed by atoms with E-state index in [-0.39, 0.29) is 0 Å². The van der Waals surface area contributed by atoms with Crippen LogP contribution in [0.4, 0.5) is 0 Å². The molecule has 0 spiro atoms. The summed E-state index contributed by atoms with van der Waals surface area (Å²) in [7, 11) is -1.47. The van der Waals surface area contributed by atoms with Crippen molar-refractivity contribution in [1.82, 2.24) is 4.98 Å². The van der Waals surface area contributed by atoms with E-state index in [1.807, 2.05) is 6.07 Å². The van der Waals surface area contributed by atoms with E-state index in [9.17, 15) is 0 Å². The summed E-state index contributed by atoms with van der Waals surface area (Å²) in [5.74, 6) is 0. The molecule has 0 radical (unpaired) electrons. The maximum absolute atomic E-state index is 6.15. The summed E-state index contributed by atoms with van der Waals surface area (Å²) in [6, 6.07) is 28.5. The maximum atomic E-state index is 6.15. The standard InChI is InChI=1S/C33H31NOSi/c1-20-9-7-10-21(2)32(20)26-19-29(34-28-15-14-24(18-25(26)28)36(4,5)6)23-13-16-30-27(17-23)33-22(3)11-8-12-31(33)35-30/h7-19H,1-6H3. The highest BCUT2D eigenvalue weighted by atomic mass is 28.3. The summed E-state index contributed by atoms with van der Waals surface area (Å²) < 4.78 is 6.15. The Bertz CT molecular complexity index is 1780. The average molecular weight is 486 g/mol. The maximum Gasteiger partial charge on any atom is 0.135 e. The Morgan fingerprint density at radius 2 is 1.39 bits per heavy atom. The fourth-order valence-corrected chi connectivity index (χ4v) is 6.61. The third-order valence-corrected chi connectivity index (χ3v) is 9.47. The largest absolute Gasteiger partial charge is 0.456 e. The van der Waals surface area contributed by atoms with Gasteiger partial charge in [0.1, 0.15) is 11.2 Å². The molecule has 4 aromatic carbocycles. The number of benzene rings is 4. The van der Waals surface area contributed by atoms with E-state index < -0.39 is 8.07 Å². The lowest BCUT2D eigenvalue weighted by Crippen LogP contribution is -2.37. The van der Waals surface area contributed by atoms with Crippen molar-refractivity contribution in [2.24, 2.45) is 0 Å². The Morgan fingerprint density at radius 1 is 0.667 bits per heavy atom. The molecule has 2 nitrogen and oxygen atoms in total. The molecular weight excluding hydrogens is 454 g/mol. The molecule has 3 heteroatoms. The Hall–Kier alpha value is -3.69. The Kier molecular flexibility index (Phi) is 5.17. The first-order chi connectivity index (χ1) is 17.2. The van der Waals surface area contributed by atoms with Gasteiger partial charge in [0.15, 0.2) is 0 Å². The van der Waals surface area contributed by atoms with Crippen molar-refractivity contribution in [3.8, 4) is 22.4 Å². The van der Waals surface area contributed by atoms with Crippen LogP contribution in [0.25, 0.3) is 55.2 Å². The van der Waals surface area contributed by atoms with Gasteiger partial charge in [-0.2, -0.15) is 0 Å². The van der Waals surface area contributed by atoms with Crippen molar-refractivity contribution in [2.75, 3.05) is 0 Å². The van der Waals surface area contributed by atoms with E-state index in [1.165, 1.54) is 43.8 Å². The molecule has 0 aliphatic rings. The Balaban J connectivity index is 1.66. The van der Waals surface area contributed by atoms with E-state index in [1.54, 1.807) is 0 Å². The number of aromatic nitrogens is 1. The van der Waals surface area contributed by atoms with Gasteiger partial charge in [-0.1, -0.05) is 67.3 Å². The molecular formula is C33H31NOSi. The number of hydrogen-bond donors (Lipinski definition) is 0. The molecule has 2 aromatic heterocycles. The van der Waals surface area contributed by atoms with Gasteiger partial charge in [0, 0.05) is 21.7 Å². The first-order valence-corrected chi connectivity index (χ1v) is 16.1. The molecule has 0 amide bonds. The van der Waals surface area contributed by atoms with Gasteiger partial charge < -0.3 is 4.42 Å². The molecule has 0 aliphatic carbocycles. The fraction of sp³-hybridized carbons (Fsp3) is 0.182. The zero-order chi connectivity index (χ0) is 25.2. The normalized spacial score (nSPS) is 12.2. The topological polar surface area (TPSA) is 26.0 Å². The first-order valence-electron chi connectivity index (χ1n) is 12.6. The SMILES string of the molecule is Cc1cccc(C)c1-c1cc(-c2ccc3oc4cccc(C)c4c3c2)nc2ccc([Si](C)(C)C)cc12. The Labute approximate surface area is 213 Å². The molecule has 0 saturated heterocycles. The van der Waals surface area contributed by atoms with Crippen LogP contribution >= 0.6 is 0 Å². The summed E-state index contributed by atoms with van der Waals surface area (Å²) in [5.41, 5.74) is 11.4. The number of pyridine rings is 1. The minimum atomic E-state index is -1.47. The van der Waals surface area contributed by atoms with Gasteiger partial charge in [-0.15, -0.1) is 0 Å². The molecule has 0 atom stereocenters. The van der Waals surface area contributed by atoms with Crippen molar-refractivity contribution in [3.63, 3.8) is 0 Å². The molecule has 0 saturated carbocycles. The molecule has 2 heterocycles. The highest BCUT2D eigenvalue weighted by Gasteiger charge is 2.20. The number of nitrogens with zero attached hydrogens (tertiary/aromatic N) is 1. The van der Waals surface area contributed by atoms with Crippen molar-refractivity contribution < 1.29 is 4.42 Å². The highest BCUT2D eigenvalue weighted by Crippen LogP contribution is 2.38. The van der Waals surface area contributed by atoms with Crippen LogP contribution in [0, 0.1) is 20.8 Å². The quantitative estimate of drug-likeness (QED) is 0.234. The zero-order valence-corrected chi connectivity index (χ0v) is 22.9. The second-order valence-corrected chi connectivity index (χ2v) is 16.1. The van der Waals surface area contributed by atoms with E-state index in [2.05, 4.69) is 113 Å². The Morgan fingerprint density at radius 3 is 2.14 bits per heavy atom. The zero-order valence-electron chi connectivity index (χ0n) is 21.9. The van der Waals surface area contributed by atoms with Crippen LogP contribution in [0.2, 0.25) is 19.6 Å². The van der Waals surface area contributed by atoms with E-state index >= 15 is 0 Å². The molecule has 36 heavy (non-hydrogen) atoms. The van der Waals surface area contributed by atoms with Crippen LogP contribution in [0.3, 0.4) is 0 Å². The van der Waals surface area contributed by atoms with E-state index in [0.29, 0.717) is 0 Å². The summed E-state index contributed by atoms with van der Waals surface area (Å²) in [4.78, 5) is 5.19. The fourth-order valence-electron chi connectivity index (χ4n) is 5.45. The van der Waals surface area contributed by atoms with Crippen molar-refractivity contribution in [3.05, 3.63) is 95.6 Å². The van der Waals surface area contributed by atoms with Gasteiger partial charge in [-0.3, -0.25) is 0 Å². The van der Waals surface area contributed by atoms with Gasteiger partial charge >= 0.3 is 0 Å². The van der Waals surface area contributed by atoms with Gasteiger partial charge in [0.25, 0.3) is 0 Å². The third-order valence-electron chi connectivity index (χ3n) is 7.42. The number of furan rings is 1. The van der Waals surface area contributed by atoms with Gasteiger partial charge in [-0.05, 0) is 85.0 Å². The summed E-state index contributed by atoms with van der Waals surface area (Å²) in [6.07, 6.45) is 0. The van der Waals surface area contributed by atoms with Crippen LogP contribution in [-0.4, -0.2) is 13.1 Å². The van der Waals surface area contributed by atoms with Crippen molar-refractivity contribution in [1.29, 1.82) is 0 Å². The second-order valence-electron chi connectivity index (χ2n) is 11.1. The van der Waals surface area contributed by atoms with E-state index in [0.717, 1.165) is 33.3 Å². The monoisotopic (exact) mass is 485 g/mol. The molecule has 6 rings (SSSR count). The summed E-state index contributed by atoms with van der Waals surface area (Å²) in [6.45, 7) is 13.8. The van der Waals surface area contributed by atoms with Crippen LogP contribution in [-0.2, 0) is 0 Å². The van der Waals surface area contributed by atoms with Crippen LogP contribution in [0.5, 0.6) is 0 Å². The lowest BCUT2D eigenvalue weighted by atomic mass is 9.92. The van der Waals surface area contributed by atoms with Crippen LogP contribution in [0.15, 0.2) is 83.3 Å². The van der Waals surface area contributed by atoms with Gasteiger partial charge in [-0.25, -0.2) is 4.98 Å². The number of aryl methyl sites for hydroxylation is 3. The molecule has 0 fully saturated rings. The lowest BCUT2D eigenvalue weighted by Gasteiger charge is -2.20. The molecule has 0 unspecified atom stereocenters. The number of fused-ring (bicyclic) bond motifs is 4. The molecule has 0 bridgehead atoms. The smallest absolute Gasteiger partial charge is 0.135 e. The predicted octanol–water partition coefficient (Wildman–Crippen LogP) is 8.94. The van der Waals surface area contributed by atoms with Gasteiger partial charge in [0.2, 0.25) is 0 Å². The molecule has 178 valence electrons. The third kappa shape index (κ3) is 3.66. The van der Waals surface area contributed by atoms with Crippen molar-refractivity contribution in [2.45, 2.75) is 40.4 Å². The van der Waals surface area contributed by atoms with Crippen molar-refractivity contribution >= 4 is 46.1 Å². The lowest BCUT2D eigenvalue weighted by molar-refractivity contribution is 0.669. The summed E-state index contributed by atoms with van der Waals surface area (Å²) >= 11 is 0. The van der Waals surface area contributed by atoms with Crippen LogP contribution in [0.1, 0.15) is 16.7 Å². The van der Waals surface area contributed by atoms with Gasteiger partial charge in [0.05, 0.1) is 19.3 Å². The van der Waals surface area contributed by atoms with E-state index in [4.69, 9.17) is 9.40 Å². The van der Waals surface area contributed by atoms with Crippen LogP contribution < -0.4 is 5.19 Å². The highest BCUT2D eigenvalue weighted by molar-refractivity contribution is 6.88. The number of hydrogen-bond acceptors (Lipinski definition) is 2. The molecule has 6 aromatic rings. The summed E-state index contributed by atoms with van der Waals surface area (Å²) in [5, 5.41) is 5.02. The minimum absolute atomic E-state index is 0.915. The minimum Gasteiger partial charge on any atom is -0.456 e. The molecule has 0 aliphatic heterocycles.